The van der Waals surface area contributed by atoms with Gasteiger partial charge in [0.25, 0.3) is 0 Å². The molecule has 0 aliphatic carbocycles. The van der Waals surface area contributed by atoms with Crippen molar-refractivity contribution in [1.29, 1.82) is 0 Å². The van der Waals surface area contributed by atoms with Crippen LogP contribution < -0.4 is 0 Å². The van der Waals surface area contributed by atoms with Crippen LogP contribution in [0.1, 0.15) is 0 Å². The molecular weight excluding hydrogens is 367 g/mol. The molecule has 0 spiro atoms. The van der Waals surface area contributed by atoms with Crippen LogP contribution in [-0.2, 0) is 57.7 Å². The fourth-order valence-corrected chi connectivity index (χ4v) is 0. The zero-order valence-electron chi connectivity index (χ0n) is 6.10. The van der Waals surface area contributed by atoms with Gasteiger partial charge in [0.2, 0.25) is 0 Å². The molecule has 15 heavy (non-hydrogen) atoms. The minimum atomic E-state index is -5.08. The molecule has 0 heterocycles. The van der Waals surface area contributed by atoms with Gasteiger partial charge in [0.1, 0.15) is 0 Å². The van der Waals surface area contributed by atoms with Gasteiger partial charge in [-0.1, -0.05) is 0 Å². The Labute approximate surface area is 95.3 Å². The molecule has 0 N–H and O–H groups in total. The van der Waals surface area contributed by atoms with E-state index in [0.717, 1.165) is 0 Å². The predicted octanol–water partition coefficient (Wildman–Crippen LogP) is 1.36. The van der Waals surface area contributed by atoms with Gasteiger partial charge in [-0.05, 0) is 0 Å². The van der Waals surface area contributed by atoms with Gasteiger partial charge in [-0.15, -0.1) is 0 Å². The van der Waals surface area contributed by atoms with E-state index in [0.29, 0.717) is 0 Å². The fraction of sp³-hybridized carbons (Fsp3) is 1.00. The summed E-state index contributed by atoms with van der Waals surface area (Å²) in [5.41, 5.74) is -10.2. The molecule has 0 aliphatic rings. The first-order valence-electron chi connectivity index (χ1n) is 2.21. The standard InChI is InChI=1S/2CF3O2S.Ru.H/c2*2-1(3,4)7(5)6;;/q2*-1;+2;. The van der Waals surface area contributed by atoms with Crippen molar-refractivity contribution in [2.75, 3.05) is 0 Å². The van der Waals surface area contributed by atoms with E-state index in [1.807, 2.05) is 0 Å². The van der Waals surface area contributed by atoms with E-state index in [1.54, 1.807) is 0 Å². The maximum atomic E-state index is 10.6. The number of halogens is 6. The molecule has 0 saturated heterocycles. The summed E-state index contributed by atoms with van der Waals surface area (Å²) < 4.78 is 99.0. The van der Waals surface area contributed by atoms with E-state index in [4.69, 9.17) is 16.8 Å². The van der Waals surface area contributed by atoms with Crippen LogP contribution >= 0.6 is 0 Å². The Morgan fingerprint density at radius 3 is 0.667 bits per heavy atom. The Bertz CT molecular complexity index is 264. The third-order valence-electron chi connectivity index (χ3n) is 0.378. The molecule has 4 nitrogen and oxygen atoms in total. The van der Waals surface area contributed by atoms with Gasteiger partial charge in [-0.3, -0.25) is 0 Å². The van der Waals surface area contributed by atoms with Gasteiger partial charge in [-0.2, -0.15) is 26.3 Å². The minimum absolute atomic E-state index is 0. The van der Waals surface area contributed by atoms with Crippen LogP contribution in [0.4, 0.5) is 26.3 Å². The van der Waals surface area contributed by atoms with Crippen molar-refractivity contribution in [1.82, 2.24) is 0 Å². The first-order valence-corrected chi connectivity index (χ1v) is 4.36. The van der Waals surface area contributed by atoms with E-state index in [2.05, 4.69) is 0 Å². The zero-order chi connectivity index (χ0) is 12.2. The Morgan fingerprint density at radius 1 is 0.600 bits per heavy atom. The molecular formula is C2HF6O4RuS2. The number of rotatable bonds is 0. The Morgan fingerprint density at radius 2 is 0.667 bits per heavy atom. The summed E-state index contributed by atoms with van der Waals surface area (Å²) in [7, 11) is -7.87. The van der Waals surface area contributed by atoms with Gasteiger partial charge in [-0.25, -0.2) is 0 Å². The zero-order valence-corrected chi connectivity index (χ0v) is 9.59. The van der Waals surface area contributed by atoms with Crippen molar-refractivity contribution in [3.63, 3.8) is 0 Å². The van der Waals surface area contributed by atoms with E-state index >= 15 is 0 Å². The Balaban J connectivity index is -0.000000180. The van der Waals surface area contributed by atoms with Crippen LogP contribution in [0.5, 0.6) is 0 Å². The molecule has 0 aromatic heterocycles. The van der Waals surface area contributed by atoms with Crippen LogP contribution in [0.25, 0.3) is 0 Å². The second kappa shape index (κ2) is 7.39. The molecule has 95 valence electrons. The van der Waals surface area contributed by atoms with Gasteiger partial charge < -0.3 is 16.8 Å². The maximum absolute atomic E-state index is 10.6. The topological polar surface area (TPSA) is 68.3 Å². The van der Waals surface area contributed by atoms with E-state index in [-0.39, 0.29) is 19.5 Å². The Hall–Kier alpha value is 0.103. The third kappa shape index (κ3) is 14.1. The molecule has 0 amide bonds. The molecule has 0 aromatic rings. The van der Waals surface area contributed by atoms with Crippen molar-refractivity contribution in [3.8, 4) is 0 Å². The van der Waals surface area contributed by atoms with Crippen LogP contribution in [0.15, 0.2) is 0 Å². The van der Waals surface area contributed by atoms with Gasteiger partial charge in [0, 0.05) is 21.4 Å². The number of hydrogen-bond acceptors (Lipinski definition) is 6. The molecule has 0 radical (unpaired) electrons. The monoisotopic (exact) mass is 369 g/mol. The summed E-state index contributed by atoms with van der Waals surface area (Å²) >= 11 is 0. The average Bonchev–Trinajstić information content (AvgIpc) is 1.83. The van der Waals surface area contributed by atoms with Crippen LogP contribution in [-0.4, -0.2) is 11.0 Å². The van der Waals surface area contributed by atoms with Crippen LogP contribution in [0.3, 0.4) is 0 Å². The first-order chi connectivity index (χ1) is 5.89. The molecule has 0 rings (SSSR count). The summed E-state index contributed by atoms with van der Waals surface area (Å²) in [6.45, 7) is 0. The molecule has 0 aromatic carbocycles. The van der Waals surface area contributed by atoms with Crippen molar-refractivity contribution < 1.29 is 62.7 Å². The summed E-state index contributed by atoms with van der Waals surface area (Å²) in [5.74, 6) is 0. The van der Waals surface area contributed by atoms with Gasteiger partial charge in [0.15, 0.2) is 0 Å². The molecule has 13 heteroatoms. The molecule has 0 saturated carbocycles. The summed E-state index contributed by atoms with van der Waals surface area (Å²) in [6, 6.07) is 0. The molecule has 0 atom stereocenters. The van der Waals surface area contributed by atoms with Crippen molar-refractivity contribution in [3.05, 3.63) is 0 Å². The van der Waals surface area contributed by atoms with E-state index in [1.165, 1.54) is 0 Å². The molecule has 0 fully saturated rings. The van der Waals surface area contributed by atoms with Crippen LogP contribution in [0, 0.1) is 0 Å². The quantitative estimate of drug-likeness (QED) is 0.368. The summed E-state index contributed by atoms with van der Waals surface area (Å²) in [5, 5.41) is 0. The fourth-order valence-electron chi connectivity index (χ4n) is 0. The van der Waals surface area contributed by atoms with Crippen molar-refractivity contribution >= 4 is 21.4 Å². The third-order valence-corrected chi connectivity index (χ3v) is 1.13. The first kappa shape index (κ1) is 20.5. The number of hydrogen-bond donors (Lipinski definition) is 0. The Kier molecular flexibility index (Phi) is 10.1. The van der Waals surface area contributed by atoms with E-state index < -0.39 is 32.4 Å². The molecule has 0 aliphatic heterocycles. The van der Waals surface area contributed by atoms with E-state index in [9.17, 15) is 26.3 Å². The van der Waals surface area contributed by atoms with Gasteiger partial charge in [0.05, 0.1) is 0 Å². The second-order valence-corrected chi connectivity index (χ2v) is 3.23. The van der Waals surface area contributed by atoms with Crippen LogP contribution in [0.2, 0.25) is 0 Å². The predicted molar refractivity (Wildman–Crippen MR) is 31.0 cm³/mol. The normalized spacial score (nSPS) is 11.7. The SMILES string of the molecule is O=[S-](=O)C(F)(F)F.O=[S-](=O)C(F)(F)F.[RuH+2]. The molecule has 0 bridgehead atoms. The van der Waals surface area contributed by atoms with Gasteiger partial charge >= 0.3 is 30.5 Å². The summed E-state index contributed by atoms with van der Waals surface area (Å²) in [4.78, 5) is 0. The van der Waals surface area contributed by atoms with Crippen molar-refractivity contribution in [2.24, 2.45) is 0 Å². The summed E-state index contributed by atoms with van der Waals surface area (Å²) in [6.07, 6.45) is 0. The number of alkyl halides is 6. The second-order valence-electron chi connectivity index (χ2n) is 1.36. The van der Waals surface area contributed by atoms with Crippen molar-refractivity contribution in [2.45, 2.75) is 11.0 Å². The average molecular weight is 368 g/mol. The molecule has 0 unspecified atom stereocenters.